The lowest BCUT2D eigenvalue weighted by Crippen LogP contribution is -2.02. The molecule has 2 heterocycles. The molecule has 5 heteroatoms. The van der Waals surface area contributed by atoms with Crippen LogP contribution >= 0.6 is 22.9 Å². The number of thiophene rings is 1. The number of anilines is 1. The number of nitrogens with two attached hydrogens (primary N) is 1. The van der Waals surface area contributed by atoms with Crippen molar-refractivity contribution in [2.45, 2.75) is 26.8 Å². The summed E-state index contributed by atoms with van der Waals surface area (Å²) in [6.45, 7) is 6.37. The van der Waals surface area contributed by atoms with Gasteiger partial charge in [0.2, 0.25) is 0 Å². The number of halogens is 1. The van der Waals surface area contributed by atoms with Gasteiger partial charge in [-0.15, -0.1) is 11.3 Å². The molecule has 0 radical (unpaired) electrons. The summed E-state index contributed by atoms with van der Waals surface area (Å²) in [7, 11) is 0. The first-order chi connectivity index (χ1) is 9.47. The van der Waals surface area contributed by atoms with E-state index < -0.39 is 0 Å². The van der Waals surface area contributed by atoms with E-state index in [1.54, 1.807) is 11.3 Å². The van der Waals surface area contributed by atoms with E-state index >= 15 is 0 Å². The Kier molecular flexibility index (Phi) is 3.22. The van der Waals surface area contributed by atoms with Gasteiger partial charge in [0.1, 0.15) is 0 Å². The zero-order valence-corrected chi connectivity index (χ0v) is 13.2. The monoisotopic (exact) mass is 305 g/mol. The van der Waals surface area contributed by atoms with E-state index in [-0.39, 0.29) is 0 Å². The number of imidazole rings is 1. The van der Waals surface area contributed by atoms with Gasteiger partial charge in [-0.05, 0) is 50.6 Å². The van der Waals surface area contributed by atoms with Crippen LogP contribution in [0.25, 0.3) is 21.7 Å². The molecule has 0 aliphatic carbocycles. The summed E-state index contributed by atoms with van der Waals surface area (Å²) in [4.78, 5) is 5.91. The first kappa shape index (κ1) is 13.5. The Hall–Kier alpha value is -1.52. The Morgan fingerprint density at radius 1 is 1.30 bits per heavy atom. The van der Waals surface area contributed by atoms with Crippen molar-refractivity contribution in [3.05, 3.63) is 34.9 Å². The van der Waals surface area contributed by atoms with E-state index in [1.165, 1.54) is 0 Å². The highest BCUT2D eigenvalue weighted by atomic mass is 35.5. The van der Waals surface area contributed by atoms with E-state index in [2.05, 4.69) is 25.3 Å². The highest BCUT2D eigenvalue weighted by Crippen LogP contribution is 2.37. The van der Waals surface area contributed by atoms with Gasteiger partial charge in [0.15, 0.2) is 5.82 Å². The van der Waals surface area contributed by atoms with Gasteiger partial charge in [-0.25, -0.2) is 4.98 Å². The first-order valence-electron chi connectivity index (χ1n) is 6.51. The molecule has 2 aromatic heterocycles. The average molecular weight is 306 g/mol. The van der Waals surface area contributed by atoms with Crippen molar-refractivity contribution in [2.24, 2.45) is 0 Å². The molecule has 3 rings (SSSR count). The van der Waals surface area contributed by atoms with Crippen LogP contribution in [0.4, 0.5) is 5.00 Å². The Morgan fingerprint density at radius 2 is 2.05 bits per heavy atom. The van der Waals surface area contributed by atoms with Crippen LogP contribution in [0.15, 0.2) is 24.3 Å². The highest BCUT2D eigenvalue weighted by Gasteiger charge is 2.18. The lowest BCUT2D eigenvalue weighted by atomic mass is 10.2. The largest absolute Gasteiger partial charge is 0.391 e. The first-order valence-corrected chi connectivity index (χ1v) is 7.70. The minimum absolute atomic E-state index is 0.302. The number of aromatic nitrogens is 2. The summed E-state index contributed by atoms with van der Waals surface area (Å²) >= 11 is 7.71. The van der Waals surface area contributed by atoms with Gasteiger partial charge in [0, 0.05) is 11.1 Å². The van der Waals surface area contributed by atoms with Crippen LogP contribution in [0.2, 0.25) is 5.02 Å². The van der Waals surface area contributed by atoms with E-state index in [1.807, 2.05) is 24.3 Å². The van der Waals surface area contributed by atoms with Crippen molar-refractivity contribution in [3.8, 4) is 10.7 Å². The number of rotatable bonds is 2. The van der Waals surface area contributed by atoms with Gasteiger partial charge in [0.25, 0.3) is 0 Å². The number of nitrogen functional groups attached to an aromatic ring is 1. The Morgan fingerprint density at radius 3 is 2.65 bits per heavy atom. The predicted octanol–water partition coefficient (Wildman–Crippen LogP) is 4.89. The topological polar surface area (TPSA) is 43.8 Å². The quantitative estimate of drug-likeness (QED) is 0.732. The van der Waals surface area contributed by atoms with Crippen LogP contribution < -0.4 is 5.73 Å². The van der Waals surface area contributed by atoms with E-state index in [0.717, 1.165) is 37.3 Å². The number of hydrogen-bond donors (Lipinski definition) is 1. The molecule has 0 saturated carbocycles. The summed E-state index contributed by atoms with van der Waals surface area (Å²) < 4.78 is 2.22. The molecule has 0 saturated heterocycles. The van der Waals surface area contributed by atoms with Gasteiger partial charge < -0.3 is 10.3 Å². The molecule has 2 N–H and O–H groups in total. The molecule has 0 atom stereocenters. The van der Waals surface area contributed by atoms with E-state index in [0.29, 0.717) is 6.04 Å². The molecule has 104 valence electrons. The molecule has 3 nitrogen and oxygen atoms in total. The van der Waals surface area contributed by atoms with Crippen molar-refractivity contribution in [1.82, 2.24) is 9.55 Å². The summed E-state index contributed by atoms with van der Waals surface area (Å²) in [5, 5.41) is 1.55. The van der Waals surface area contributed by atoms with Crippen LogP contribution in [-0.4, -0.2) is 9.55 Å². The minimum Gasteiger partial charge on any atom is -0.391 e. The lowest BCUT2D eigenvalue weighted by molar-refractivity contribution is 0.625. The lowest BCUT2D eigenvalue weighted by Gasteiger charge is -2.12. The fraction of sp³-hybridized carbons (Fsp3) is 0.267. The third-order valence-corrected chi connectivity index (χ3v) is 4.61. The second-order valence-corrected chi connectivity index (χ2v) is 6.71. The molecule has 0 aliphatic heterocycles. The van der Waals surface area contributed by atoms with Gasteiger partial charge >= 0.3 is 0 Å². The van der Waals surface area contributed by atoms with E-state index in [4.69, 9.17) is 22.3 Å². The molecule has 0 spiro atoms. The molecule has 0 unspecified atom stereocenters. The minimum atomic E-state index is 0.302. The number of aryl methyl sites for hydroxylation is 1. The van der Waals surface area contributed by atoms with Crippen molar-refractivity contribution in [3.63, 3.8) is 0 Å². The van der Waals surface area contributed by atoms with Gasteiger partial charge in [0.05, 0.1) is 20.9 Å². The molecular weight excluding hydrogens is 290 g/mol. The van der Waals surface area contributed by atoms with Crippen molar-refractivity contribution >= 4 is 39.0 Å². The van der Waals surface area contributed by atoms with Crippen LogP contribution in [-0.2, 0) is 0 Å². The predicted molar refractivity (Wildman–Crippen MR) is 87.6 cm³/mol. The Bertz CT molecular complexity index is 786. The summed E-state index contributed by atoms with van der Waals surface area (Å²) in [6.07, 6.45) is 0. The number of hydrogen-bond acceptors (Lipinski definition) is 3. The van der Waals surface area contributed by atoms with Crippen molar-refractivity contribution in [1.29, 1.82) is 0 Å². The highest BCUT2D eigenvalue weighted by molar-refractivity contribution is 7.19. The molecule has 1 aromatic carbocycles. The molecular formula is C15H16ClN3S. The molecule has 0 bridgehead atoms. The zero-order chi connectivity index (χ0) is 14.4. The summed E-state index contributed by atoms with van der Waals surface area (Å²) in [5.74, 6) is 0.969. The summed E-state index contributed by atoms with van der Waals surface area (Å²) in [6, 6.07) is 8.11. The van der Waals surface area contributed by atoms with E-state index in [9.17, 15) is 0 Å². The zero-order valence-electron chi connectivity index (χ0n) is 11.6. The molecule has 20 heavy (non-hydrogen) atoms. The molecule has 3 aromatic rings. The second kappa shape index (κ2) is 4.79. The fourth-order valence-electron chi connectivity index (χ4n) is 2.48. The molecule has 0 aliphatic rings. The standard InChI is InChI=1S/C15H16ClN3S/c1-8(2)19-12-7-10(16)4-5-11(12)18-15(19)14-9(3)6-13(17)20-14/h4-8H,17H2,1-3H3. The number of nitrogens with zero attached hydrogens (tertiary/aromatic N) is 2. The van der Waals surface area contributed by atoms with Crippen LogP contribution in [0, 0.1) is 6.92 Å². The third kappa shape index (κ3) is 2.09. The summed E-state index contributed by atoms with van der Waals surface area (Å²) in [5.41, 5.74) is 9.11. The maximum atomic E-state index is 6.13. The second-order valence-electron chi connectivity index (χ2n) is 5.19. The molecule has 0 fully saturated rings. The smallest absolute Gasteiger partial charge is 0.151 e. The maximum Gasteiger partial charge on any atom is 0.151 e. The Labute approximate surface area is 127 Å². The SMILES string of the molecule is Cc1cc(N)sc1-c1nc2ccc(Cl)cc2n1C(C)C. The van der Waals surface area contributed by atoms with Crippen LogP contribution in [0.3, 0.4) is 0 Å². The van der Waals surface area contributed by atoms with Crippen molar-refractivity contribution < 1.29 is 0 Å². The maximum absolute atomic E-state index is 6.13. The Balaban J connectivity index is 2.35. The molecule has 0 amide bonds. The van der Waals surface area contributed by atoms with Gasteiger partial charge in [-0.1, -0.05) is 11.6 Å². The van der Waals surface area contributed by atoms with Gasteiger partial charge in [-0.2, -0.15) is 0 Å². The van der Waals surface area contributed by atoms with Crippen LogP contribution in [0.1, 0.15) is 25.5 Å². The van der Waals surface area contributed by atoms with Crippen LogP contribution in [0.5, 0.6) is 0 Å². The van der Waals surface area contributed by atoms with Gasteiger partial charge in [-0.3, -0.25) is 0 Å². The average Bonchev–Trinajstić information content (AvgIpc) is 2.88. The fourth-order valence-corrected chi connectivity index (χ4v) is 3.57. The number of benzene rings is 1. The number of fused-ring (bicyclic) bond motifs is 1. The third-order valence-electron chi connectivity index (χ3n) is 3.31. The normalized spacial score (nSPS) is 11.7. The van der Waals surface area contributed by atoms with Crippen molar-refractivity contribution in [2.75, 3.05) is 5.73 Å².